The molecule has 1 unspecified atom stereocenters. The fraction of sp³-hybridized carbons (Fsp3) is 0.0649. The van der Waals surface area contributed by atoms with Crippen molar-refractivity contribution >= 4 is 34.1 Å². The van der Waals surface area contributed by atoms with Crippen molar-refractivity contribution in [3.8, 4) is 55.6 Å². The Balaban J connectivity index is 0.929. The van der Waals surface area contributed by atoms with Crippen molar-refractivity contribution in [1.82, 2.24) is 0 Å². The van der Waals surface area contributed by atoms with Gasteiger partial charge in [-0.2, -0.15) is 0 Å². The monoisotopic (exact) mass is 1000 g/mol. The van der Waals surface area contributed by atoms with Crippen molar-refractivity contribution in [3.63, 3.8) is 0 Å². The zero-order valence-corrected chi connectivity index (χ0v) is 44.0. The van der Waals surface area contributed by atoms with Crippen LogP contribution >= 0.6 is 0 Å². The van der Waals surface area contributed by atoms with Gasteiger partial charge < -0.3 is 9.80 Å². The van der Waals surface area contributed by atoms with E-state index < -0.39 is 10.8 Å². The second-order valence-electron chi connectivity index (χ2n) is 22.7. The molecule has 0 aliphatic heterocycles. The summed E-state index contributed by atoms with van der Waals surface area (Å²) in [4.78, 5) is 4.98. The highest BCUT2D eigenvalue weighted by molar-refractivity contribution is 6.00. The van der Waals surface area contributed by atoms with Crippen LogP contribution in [0.1, 0.15) is 69.5 Å². The van der Waals surface area contributed by atoms with E-state index in [1.807, 2.05) is 0 Å². The molecule has 0 N–H and O–H groups in total. The molecule has 0 saturated heterocycles. The summed E-state index contributed by atoms with van der Waals surface area (Å²) < 4.78 is 0. The average molecular weight is 1010 g/mol. The smallest absolute Gasteiger partial charge is 0.0727 e. The van der Waals surface area contributed by atoms with Crippen molar-refractivity contribution < 1.29 is 0 Å². The maximum atomic E-state index is 2.57. The third kappa shape index (κ3) is 5.75. The van der Waals surface area contributed by atoms with E-state index in [0.717, 1.165) is 34.1 Å². The summed E-state index contributed by atoms with van der Waals surface area (Å²) in [5.41, 5.74) is 31.7. The zero-order valence-electron chi connectivity index (χ0n) is 44.0. The summed E-state index contributed by atoms with van der Waals surface area (Å²) in [5.74, 6) is 0. The minimum Gasteiger partial charge on any atom is -0.310 e. The molecule has 2 nitrogen and oxygen atoms in total. The van der Waals surface area contributed by atoms with Crippen LogP contribution in [0.25, 0.3) is 55.6 Å². The number of para-hydroxylation sites is 2. The first kappa shape index (κ1) is 44.4. The number of benzene rings is 12. The number of hydrogen-bond donors (Lipinski definition) is 0. The summed E-state index contributed by atoms with van der Waals surface area (Å²) in [6.07, 6.45) is 0. The Labute approximate surface area is 461 Å². The molecule has 0 aromatic heterocycles. The van der Waals surface area contributed by atoms with E-state index in [2.05, 4.69) is 303 Å². The number of hydrogen-bond acceptors (Lipinski definition) is 2. The van der Waals surface area contributed by atoms with Gasteiger partial charge in [-0.1, -0.05) is 220 Å². The maximum absolute atomic E-state index is 2.57. The Bertz CT molecular complexity index is 4430. The van der Waals surface area contributed by atoms with Gasteiger partial charge >= 0.3 is 0 Å². The van der Waals surface area contributed by atoms with Gasteiger partial charge in [-0.3, -0.25) is 0 Å². The van der Waals surface area contributed by atoms with Gasteiger partial charge in [-0.15, -0.1) is 0 Å². The number of anilines is 6. The fourth-order valence-corrected chi connectivity index (χ4v) is 15.5. The van der Waals surface area contributed by atoms with Gasteiger partial charge in [0.1, 0.15) is 0 Å². The van der Waals surface area contributed by atoms with Crippen molar-refractivity contribution in [2.45, 2.75) is 30.1 Å². The minimum atomic E-state index is -0.614. The molecule has 2 heteroatoms. The van der Waals surface area contributed by atoms with Crippen molar-refractivity contribution in [2.75, 3.05) is 9.80 Å². The first-order valence-corrected chi connectivity index (χ1v) is 27.8. The predicted molar refractivity (Wildman–Crippen MR) is 326 cm³/mol. The molecule has 0 fully saturated rings. The quantitative estimate of drug-likeness (QED) is 0.164. The lowest BCUT2D eigenvalue weighted by Crippen LogP contribution is -2.27. The van der Waals surface area contributed by atoms with Gasteiger partial charge in [-0.05, 0) is 184 Å². The van der Waals surface area contributed by atoms with E-state index in [0.29, 0.717) is 0 Å². The van der Waals surface area contributed by atoms with Gasteiger partial charge in [-0.25, -0.2) is 0 Å². The van der Waals surface area contributed by atoms with Crippen LogP contribution in [0.2, 0.25) is 0 Å². The van der Waals surface area contributed by atoms with E-state index >= 15 is 0 Å². The third-order valence-electron chi connectivity index (χ3n) is 18.7. The van der Waals surface area contributed by atoms with Crippen molar-refractivity contribution in [1.29, 1.82) is 0 Å². The molecular weight excluding hydrogens is 953 g/mol. The summed E-state index contributed by atoms with van der Waals surface area (Å²) in [6, 6.07) is 106. The van der Waals surface area contributed by atoms with Crippen LogP contribution in [0.4, 0.5) is 34.1 Å². The number of rotatable bonds is 6. The summed E-state index contributed by atoms with van der Waals surface area (Å²) in [7, 11) is 0. The standard InChI is InChI=1S/C77H52N2/c1-75(2)65-31-15-9-25-55(65)61-41-37-51(45-71(61)75)79(53-39-43-62-58-28-12-18-34-68(58)76(72(62)47-53)66-32-16-10-26-56(66)57-27-11-17-33-67(57)76)54-40-44-64-60-30-14-20-36-70(60)77(74(64)48-54)69-35-19-13-29-59(69)63-42-38-52(46-73(63)77)78(49-21-5-3-6-22-49)50-23-7-4-8-24-50/h3-48H,1-2H3. The van der Waals surface area contributed by atoms with Gasteiger partial charge in [0, 0.05) is 39.5 Å². The minimum absolute atomic E-state index is 0.194. The predicted octanol–water partition coefficient (Wildman–Crippen LogP) is 19.6. The molecule has 12 aromatic rings. The molecule has 5 aliphatic rings. The largest absolute Gasteiger partial charge is 0.310 e. The van der Waals surface area contributed by atoms with E-state index in [-0.39, 0.29) is 5.41 Å². The molecule has 12 aromatic carbocycles. The van der Waals surface area contributed by atoms with Crippen LogP contribution in [-0.2, 0) is 16.2 Å². The molecule has 2 spiro atoms. The first-order valence-electron chi connectivity index (χ1n) is 27.8. The maximum Gasteiger partial charge on any atom is 0.0727 e. The molecular formula is C77H52N2. The molecule has 0 radical (unpaired) electrons. The lowest BCUT2D eigenvalue weighted by atomic mass is 9.70. The molecule has 370 valence electrons. The molecule has 0 bridgehead atoms. The topological polar surface area (TPSA) is 6.48 Å². The lowest BCUT2D eigenvalue weighted by molar-refractivity contribution is 0.660. The Morgan fingerprint density at radius 1 is 0.190 bits per heavy atom. The highest BCUT2D eigenvalue weighted by atomic mass is 15.1. The molecule has 0 saturated carbocycles. The average Bonchev–Trinajstić information content (AvgIpc) is 3.64. The number of fused-ring (bicyclic) bond motifs is 23. The van der Waals surface area contributed by atoms with Crippen LogP contribution in [0, 0.1) is 0 Å². The van der Waals surface area contributed by atoms with Crippen molar-refractivity contribution in [3.05, 3.63) is 335 Å². The van der Waals surface area contributed by atoms with Crippen LogP contribution in [0.3, 0.4) is 0 Å². The highest BCUT2D eigenvalue weighted by Gasteiger charge is 2.54. The normalized spacial score (nSPS) is 16.0. The van der Waals surface area contributed by atoms with Crippen molar-refractivity contribution in [2.24, 2.45) is 0 Å². The Morgan fingerprint density at radius 3 is 0.759 bits per heavy atom. The fourth-order valence-electron chi connectivity index (χ4n) is 15.5. The number of nitrogens with zero attached hydrogens (tertiary/aromatic N) is 2. The first-order chi connectivity index (χ1) is 39.0. The van der Waals surface area contributed by atoms with E-state index in [9.17, 15) is 0 Å². The van der Waals surface area contributed by atoms with Crippen LogP contribution in [0.15, 0.2) is 279 Å². The second-order valence-corrected chi connectivity index (χ2v) is 22.7. The van der Waals surface area contributed by atoms with E-state index in [1.54, 1.807) is 0 Å². The summed E-state index contributed by atoms with van der Waals surface area (Å²) in [5, 5.41) is 0. The van der Waals surface area contributed by atoms with E-state index in [4.69, 9.17) is 0 Å². The van der Waals surface area contributed by atoms with Gasteiger partial charge in [0.25, 0.3) is 0 Å². The molecule has 0 heterocycles. The lowest BCUT2D eigenvalue weighted by Gasteiger charge is -2.34. The van der Waals surface area contributed by atoms with Crippen LogP contribution in [0.5, 0.6) is 0 Å². The van der Waals surface area contributed by atoms with Crippen LogP contribution in [-0.4, -0.2) is 0 Å². The Hall–Kier alpha value is -9.76. The van der Waals surface area contributed by atoms with Crippen LogP contribution < -0.4 is 9.80 Å². The Kier molecular flexibility index (Phi) is 9.07. The molecule has 5 aliphatic carbocycles. The Morgan fingerprint density at radius 2 is 0.418 bits per heavy atom. The molecule has 0 amide bonds. The highest BCUT2D eigenvalue weighted by Crippen LogP contribution is 2.66. The summed E-state index contributed by atoms with van der Waals surface area (Å²) >= 11 is 0. The molecule has 17 rings (SSSR count). The van der Waals surface area contributed by atoms with Gasteiger partial charge in [0.2, 0.25) is 0 Å². The molecule has 79 heavy (non-hydrogen) atoms. The summed E-state index contributed by atoms with van der Waals surface area (Å²) in [6.45, 7) is 4.79. The second kappa shape index (κ2) is 16.1. The van der Waals surface area contributed by atoms with Gasteiger partial charge in [0.05, 0.1) is 10.8 Å². The zero-order chi connectivity index (χ0) is 52.2. The van der Waals surface area contributed by atoms with E-state index in [1.165, 1.54) is 111 Å². The van der Waals surface area contributed by atoms with Gasteiger partial charge in [0.15, 0.2) is 0 Å². The third-order valence-corrected chi connectivity index (χ3v) is 18.7. The SMILES string of the molecule is CC1(C)c2ccccc2-c2ccc(N(c3ccc4c(c3)C3(c5ccccc5-c5ccccc53)c3ccccc3-4)c3ccc4c(c3)C3(c5ccccc5-c5ccc(N(c6ccccc6)c6ccccc6)cc53)c3ccccc3-4)cc21. The molecule has 1 atom stereocenters.